The summed E-state index contributed by atoms with van der Waals surface area (Å²) in [5.74, 6) is -1.24. The van der Waals surface area contributed by atoms with E-state index >= 15 is 0 Å². The molecule has 0 fully saturated rings. The Balaban J connectivity index is 2.00. The molecule has 0 bridgehead atoms. The van der Waals surface area contributed by atoms with Gasteiger partial charge in [-0.25, -0.2) is 0 Å². The summed E-state index contributed by atoms with van der Waals surface area (Å²) in [6, 6.07) is 9.45. The predicted octanol–water partition coefficient (Wildman–Crippen LogP) is 3.94. The van der Waals surface area contributed by atoms with Crippen LogP contribution in [0.3, 0.4) is 0 Å². The first-order valence-electron chi connectivity index (χ1n) is 6.98. The lowest BCUT2D eigenvalue weighted by molar-refractivity contribution is -0.137. The van der Waals surface area contributed by atoms with Crippen molar-refractivity contribution in [2.24, 2.45) is 0 Å². The molecule has 0 aromatic heterocycles. The van der Waals surface area contributed by atoms with Gasteiger partial charge in [-0.3, -0.25) is 9.69 Å². The number of phenols is 1. The Labute approximate surface area is 135 Å². The van der Waals surface area contributed by atoms with Crippen LogP contribution < -0.4 is 4.90 Å². The Morgan fingerprint density at radius 1 is 1.00 bits per heavy atom. The maximum Gasteiger partial charge on any atom is 0.416 e. The molecule has 1 amide bonds. The fourth-order valence-electron chi connectivity index (χ4n) is 2.59. The number of phenolic OH excluding ortho intramolecular Hbond substituents is 1. The number of halogens is 3. The van der Waals surface area contributed by atoms with Crippen LogP contribution in [-0.2, 0) is 11.0 Å². The molecule has 4 nitrogen and oxygen atoms in total. The minimum atomic E-state index is -4.47. The lowest BCUT2D eigenvalue weighted by atomic mass is 10.1. The number of amides is 1. The van der Waals surface area contributed by atoms with E-state index < -0.39 is 29.4 Å². The number of alkyl halides is 3. The second-order valence-corrected chi connectivity index (χ2v) is 5.31. The van der Waals surface area contributed by atoms with Crippen molar-refractivity contribution in [1.29, 1.82) is 0 Å². The van der Waals surface area contributed by atoms with E-state index in [-0.39, 0.29) is 11.4 Å². The number of nitrogens with zero attached hydrogens (tertiary/aromatic N) is 1. The first-order valence-corrected chi connectivity index (χ1v) is 6.98. The first kappa shape index (κ1) is 15.9. The molecule has 1 heterocycles. The summed E-state index contributed by atoms with van der Waals surface area (Å²) in [6.45, 7) is 0. The van der Waals surface area contributed by atoms with Gasteiger partial charge in [-0.15, -0.1) is 0 Å². The summed E-state index contributed by atoms with van der Waals surface area (Å²) in [5.41, 5.74) is -0.0991. The molecule has 1 atom stereocenters. The van der Waals surface area contributed by atoms with Gasteiger partial charge in [0.15, 0.2) is 5.76 Å². The number of aromatic hydroxyl groups is 1. The summed E-state index contributed by atoms with van der Waals surface area (Å²) in [6.07, 6.45) is -3.19. The molecule has 3 rings (SSSR count). The van der Waals surface area contributed by atoms with Crippen molar-refractivity contribution in [1.82, 2.24) is 0 Å². The van der Waals surface area contributed by atoms with E-state index in [0.29, 0.717) is 5.56 Å². The molecule has 0 aliphatic carbocycles. The number of aliphatic hydroxyl groups is 1. The molecule has 2 aromatic carbocycles. The highest BCUT2D eigenvalue weighted by Gasteiger charge is 2.36. The molecular weight excluding hydrogens is 323 g/mol. The van der Waals surface area contributed by atoms with Crippen molar-refractivity contribution in [2.45, 2.75) is 12.2 Å². The van der Waals surface area contributed by atoms with Gasteiger partial charge in [-0.05, 0) is 48.0 Å². The monoisotopic (exact) mass is 335 g/mol. The third-order valence-corrected chi connectivity index (χ3v) is 3.72. The van der Waals surface area contributed by atoms with Crippen molar-refractivity contribution >= 4 is 11.6 Å². The highest BCUT2D eigenvalue weighted by Crippen LogP contribution is 2.37. The van der Waals surface area contributed by atoms with Gasteiger partial charge in [0.25, 0.3) is 5.91 Å². The van der Waals surface area contributed by atoms with Crippen LogP contribution in [0.25, 0.3) is 0 Å². The second kappa shape index (κ2) is 5.59. The number of hydrogen-bond acceptors (Lipinski definition) is 3. The Morgan fingerprint density at radius 3 is 2.25 bits per heavy atom. The van der Waals surface area contributed by atoms with Crippen molar-refractivity contribution < 1.29 is 28.2 Å². The number of anilines is 1. The number of hydrogen-bond donors (Lipinski definition) is 2. The number of benzene rings is 2. The van der Waals surface area contributed by atoms with E-state index in [1.165, 1.54) is 35.2 Å². The van der Waals surface area contributed by atoms with E-state index in [1.54, 1.807) is 12.1 Å². The topological polar surface area (TPSA) is 60.8 Å². The molecule has 0 spiro atoms. The molecule has 7 heteroatoms. The van der Waals surface area contributed by atoms with E-state index in [4.69, 9.17) is 0 Å². The van der Waals surface area contributed by atoms with Crippen molar-refractivity contribution in [3.63, 3.8) is 0 Å². The van der Waals surface area contributed by atoms with Crippen molar-refractivity contribution in [3.05, 3.63) is 71.5 Å². The van der Waals surface area contributed by atoms with Crippen molar-refractivity contribution in [2.75, 3.05) is 4.90 Å². The van der Waals surface area contributed by atoms with E-state index in [9.17, 15) is 28.2 Å². The van der Waals surface area contributed by atoms with Gasteiger partial charge in [0.05, 0.1) is 11.6 Å². The summed E-state index contributed by atoms with van der Waals surface area (Å²) in [5, 5.41) is 19.3. The van der Waals surface area contributed by atoms with E-state index in [2.05, 4.69) is 0 Å². The second-order valence-electron chi connectivity index (χ2n) is 5.31. The average Bonchev–Trinajstić information content (AvgIpc) is 2.82. The van der Waals surface area contributed by atoms with Gasteiger partial charge in [0, 0.05) is 5.69 Å². The quantitative estimate of drug-likeness (QED) is 0.874. The third-order valence-electron chi connectivity index (χ3n) is 3.72. The summed E-state index contributed by atoms with van der Waals surface area (Å²) >= 11 is 0. The van der Waals surface area contributed by atoms with Crippen LogP contribution in [0.2, 0.25) is 0 Å². The fraction of sp³-hybridized carbons (Fsp3) is 0.118. The van der Waals surface area contributed by atoms with Crippen LogP contribution in [0.1, 0.15) is 17.2 Å². The van der Waals surface area contributed by atoms with Gasteiger partial charge >= 0.3 is 6.18 Å². The Hall–Kier alpha value is -2.96. The van der Waals surface area contributed by atoms with Crippen LogP contribution in [-0.4, -0.2) is 16.1 Å². The van der Waals surface area contributed by atoms with Crippen LogP contribution in [0, 0.1) is 0 Å². The van der Waals surface area contributed by atoms with Crippen LogP contribution in [0.15, 0.2) is 60.4 Å². The molecule has 24 heavy (non-hydrogen) atoms. The first-order chi connectivity index (χ1) is 11.3. The third kappa shape index (κ3) is 2.80. The minimum absolute atomic E-state index is 0.0212. The molecule has 124 valence electrons. The largest absolute Gasteiger partial charge is 0.508 e. The zero-order valence-electron chi connectivity index (χ0n) is 12.2. The lowest BCUT2D eigenvalue weighted by Crippen LogP contribution is -2.29. The standard InChI is InChI=1S/C17H12F3NO3/c18-17(19,20)11-4-6-12(7-5-11)21-14(9-15(23)16(21)24)10-2-1-3-13(22)8-10/h1-9,14,22-23H. The fourth-order valence-corrected chi connectivity index (χ4v) is 2.59. The van der Waals surface area contributed by atoms with Gasteiger partial charge in [0.1, 0.15) is 5.75 Å². The molecule has 0 radical (unpaired) electrons. The Morgan fingerprint density at radius 2 is 1.67 bits per heavy atom. The summed E-state index contributed by atoms with van der Waals surface area (Å²) < 4.78 is 38.0. The van der Waals surface area contributed by atoms with Gasteiger partial charge in [0.2, 0.25) is 0 Å². The number of rotatable bonds is 2. The van der Waals surface area contributed by atoms with Crippen LogP contribution in [0.5, 0.6) is 5.75 Å². The molecular formula is C17H12F3NO3. The van der Waals surface area contributed by atoms with Crippen LogP contribution >= 0.6 is 0 Å². The van der Waals surface area contributed by atoms with E-state index in [1.807, 2.05) is 0 Å². The zero-order chi connectivity index (χ0) is 17.5. The Kier molecular flexibility index (Phi) is 3.71. The maximum atomic E-state index is 12.7. The smallest absolute Gasteiger partial charge is 0.416 e. The summed E-state index contributed by atoms with van der Waals surface area (Å²) in [7, 11) is 0. The molecule has 0 saturated carbocycles. The summed E-state index contributed by atoms with van der Waals surface area (Å²) in [4.78, 5) is 13.4. The van der Waals surface area contributed by atoms with Gasteiger partial charge in [-0.2, -0.15) is 13.2 Å². The van der Waals surface area contributed by atoms with E-state index in [0.717, 1.165) is 12.1 Å². The molecule has 2 aromatic rings. The zero-order valence-corrected chi connectivity index (χ0v) is 12.2. The molecule has 2 N–H and O–H groups in total. The number of aliphatic hydroxyl groups excluding tert-OH is 1. The molecule has 1 unspecified atom stereocenters. The highest BCUT2D eigenvalue weighted by molar-refractivity contribution is 6.07. The number of carbonyl (C=O) groups is 1. The SMILES string of the molecule is O=C1C(O)=CC(c2cccc(O)c2)N1c1ccc(C(F)(F)F)cc1. The van der Waals surface area contributed by atoms with Gasteiger partial charge < -0.3 is 10.2 Å². The van der Waals surface area contributed by atoms with Crippen molar-refractivity contribution in [3.8, 4) is 5.75 Å². The van der Waals surface area contributed by atoms with Gasteiger partial charge in [-0.1, -0.05) is 12.1 Å². The Bertz CT molecular complexity index is 813. The average molecular weight is 335 g/mol. The lowest BCUT2D eigenvalue weighted by Gasteiger charge is -2.25. The molecule has 0 saturated heterocycles. The minimum Gasteiger partial charge on any atom is -0.508 e. The molecule has 1 aliphatic rings. The molecule has 1 aliphatic heterocycles. The number of carbonyl (C=O) groups excluding carboxylic acids is 1. The predicted molar refractivity (Wildman–Crippen MR) is 80.5 cm³/mol. The normalized spacial score (nSPS) is 18.0. The maximum absolute atomic E-state index is 12.7. The highest BCUT2D eigenvalue weighted by atomic mass is 19.4. The van der Waals surface area contributed by atoms with Crippen LogP contribution in [0.4, 0.5) is 18.9 Å².